The van der Waals surface area contributed by atoms with E-state index in [9.17, 15) is 36.4 Å². The van der Waals surface area contributed by atoms with Crippen molar-refractivity contribution in [2.24, 2.45) is 11.8 Å². The van der Waals surface area contributed by atoms with Gasteiger partial charge in [-0.1, -0.05) is 13.8 Å². The summed E-state index contributed by atoms with van der Waals surface area (Å²) >= 11 is 0. The lowest BCUT2D eigenvalue weighted by Gasteiger charge is -2.39. The minimum absolute atomic E-state index is 0.209. The molecule has 148 valence electrons. The van der Waals surface area contributed by atoms with Gasteiger partial charge in [0.1, 0.15) is 12.2 Å². The molecule has 0 aliphatic carbocycles. The third-order valence-corrected chi connectivity index (χ3v) is 6.34. The van der Waals surface area contributed by atoms with Crippen LogP contribution in [0.15, 0.2) is 0 Å². The molecular formula is C14H17F2O9S-. The number of hydrogen-bond acceptors (Lipinski definition) is 9. The molecule has 3 saturated heterocycles. The fourth-order valence-corrected chi connectivity index (χ4v) is 4.37. The van der Waals surface area contributed by atoms with Crippen LogP contribution in [0.25, 0.3) is 0 Å². The van der Waals surface area contributed by atoms with Gasteiger partial charge >= 0.3 is 17.2 Å². The van der Waals surface area contributed by atoms with Crippen molar-refractivity contribution >= 4 is 22.1 Å². The number of carbonyl (C=O) groups excluding carboxylic acids is 2. The van der Waals surface area contributed by atoms with Crippen molar-refractivity contribution in [1.29, 1.82) is 0 Å². The molecule has 0 aromatic heterocycles. The second kappa shape index (κ2) is 5.81. The third-order valence-electron chi connectivity index (χ3n) is 5.54. The van der Waals surface area contributed by atoms with Crippen LogP contribution >= 0.6 is 0 Å². The third kappa shape index (κ3) is 2.46. The van der Waals surface area contributed by atoms with E-state index in [2.05, 4.69) is 4.74 Å². The first-order valence-corrected chi connectivity index (χ1v) is 9.42. The maximum absolute atomic E-state index is 13.4. The second-order valence-electron chi connectivity index (χ2n) is 6.67. The number of halogens is 2. The highest BCUT2D eigenvalue weighted by Gasteiger charge is 2.73. The van der Waals surface area contributed by atoms with E-state index in [0.717, 1.165) is 0 Å². The molecule has 0 aromatic rings. The predicted octanol–water partition coefficient (Wildman–Crippen LogP) is -0.474. The molecule has 3 fully saturated rings. The fraction of sp³-hybridized carbons (Fsp3) is 0.857. The largest absolute Gasteiger partial charge is 0.743 e. The smallest absolute Gasteiger partial charge is 0.428 e. The van der Waals surface area contributed by atoms with Gasteiger partial charge in [-0.3, -0.25) is 4.79 Å². The number of alkyl halides is 2. The minimum atomic E-state index is -6.29. The van der Waals surface area contributed by atoms with Crippen LogP contribution < -0.4 is 0 Å². The molecule has 12 heteroatoms. The first-order chi connectivity index (χ1) is 11.9. The van der Waals surface area contributed by atoms with Gasteiger partial charge in [-0.2, -0.15) is 8.78 Å². The molecule has 0 radical (unpaired) electrons. The van der Waals surface area contributed by atoms with Gasteiger partial charge < -0.3 is 23.9 Å². The molecule has 1 N–H and O–H groups in total. The van der Waals surface area contributed by atoms with Crippen LogP contribution in [-0.4, -0.2) is 65.3 Å². The minimum Gasteiger partial charge on any atom is -0.743 e. The summed E-state index contributed by atoms with van der Waals surface area (Å²) in [6.45, 7) is 3.32. The molecule has 0 amide bonds. The van der Waals surface area contributed by atoms with E-state index in [4.69, 9.17) is 9.47 Å². The Labute approximate surface area is 147 Å². The Morgan fingerprint density at radius 2 is 1.85 bits per heavy atom. The zero-order valence-corrected chi connectivity index (χ0v) is 14.6. The molecule has 3 aliphatic heterocycles. The Morgan fingerprint density at radius 3 is 2.35 bits per heavy atom. The maximum Gasteiger partial charge on any atom is 0.428 e. The summed E-state index contributed by atoms with van der Waals surface area (Å²) in [5, 5.41) is 5.51. The van der Waals surface area contributed by atoms with Gasteiger partial charge in [-0.15, -0.1) is 0 Å². The van der Waals surface area contributed by atoms with Crippen molar-refractivity contribution in [2.45, 2.75) is 62.0 Å². The van der Waals surface area contributed by atoms with Gasteiger partial charge in [-0.25, -0.2) is 13.2 Å². The number of carbonyl (C=O) groups is 2. The van der Waals surface area contributed by atoms with Crippen LogP contribution in [-0.2, 0) is 33.9 Å². The average Bonchev–Trinajstić information content (AvgIpc) is 3.16. The Morgan fingerprint density at radius 1 is 1.27 bits per heavy atom. The summed E-state index contributed by atoms with van der Waals surface area (Å²) in [6.07, 6.45) is -4.36. The Hall–Kier alpha value is -1.37. The van der Waals surface area contributed by atoms with E-state index in [1.807, 2.05) is 0 Å². The van der Waals surface area contributed by atoms with Gasteiger partial charge in [0.25, 0.3) is 0 Å². The van der Waals surface area contributed by atoms with Crippen molar-refractivity contribution in [3.8, 4) is 0 Å². The van der Waals surface area contributed by atoms with Gasteiger partial charge in [0.15, 0.2) is 22.3 Å². The number of rotatable bonds is 6. The highest BCUT2D eigenvalue weighted by atomic mass is 32.2. The lowest BCUT2D eigenvalue weighted by Crippen LogP contribution is -2.55. The van der Waals surface area contributed by atoms with Crippen molar-refractivity contribution in [1.82, 2.24) is 0 Å². The fourth-order valence-electron chi connectivity index (χ4n) is 4.11. The molecule has 6 atom stereocenters. The first kappa shape index (κ1) is 19.4. The molecule has 0 spiro atoms. The van der Waals surface area contributed by atoms with Crippen molar-refractivity contribution in [3.05, 3.63) is 0 Å². The number of esters is 2. The lowest BCUT2D eigenvalue weighted by atomic mass is 9.67. The number of ether oxygens (including phenoxy) is 3. The van der Waals surface area contributed by atoms with E-state index < -0.39 is 69.2 Å². The van der Waals surface area contributed by atoms with E-state index >= 15 is 0 Å². The standard InChI is InChI=1S/C14H18F2O9S/c1-3-13(19,4-2)6-5-7-9(24-11(5)17)10(8(6)23-7)25-12(18)14(15,16)26(20,21)22/h5-10,19H,3-4H2,1-2H3,(H,20,21,22)/p-1. The summed E-state index contributed by atoms with van der Waals surface area (Å²) in [6, 6.07) is 0. The van der Waals surface area contributed by atoms with E-state index in [1.54, 1.807) is 13.8 Å². The quantitative estimate of drug-likeness (QED) is 0.463. The SMILES string of the molecule is CCC(O)(CC)C1C2OC3C(OC(=O)C31)C2OC(=O)C(F)(F)S(=O)(=O)[O-]. The summed E-state index contributed by atoms with van der Waals surface area (Å²) in [7, 11) is -6.29. The first-order valence-electron chi connectivity index (χ1n) is 8.01. The molecule has 0 aromatic carbocycles. The summed E-state index contributed by atoms with van der Waals surface area (Å²) < 4.78 is 73.8. The molecule has 2 bridgehead atoms. The molecule has 9 nitrogen and oxygen atoms in total. The monoisotopic (exact) mass is 399 g/mol. The second-order valence-corrected chi connectivity index (χ2v) is 8.09. The Bertz CT molecular complexity index is 733. The maximum atomic E-state index is 13.4. The van der Waals surface area contributed by atoms with Crippen molar-refractivity contribution in [2.75, 3.05) is 0 Å². The topological polar surface area (TPSA) is 139 Å². The van der Waals surface area contributed by atoms with Crippen LogP contribution in [0.5, 0.6) is 0 Å². The number of hydrogen-bond donors (Lipinski definition) is 1. The summed E-state index contributed by atoms with van der Waals surface area (Å²) in [5.41, 5.74) is -1.41. The van der Waals surface area contributed by atoms with Crippen molar-refractivity contribution in [3.63, 3.8) is 0 Å². The summed E-state index contributed by atoms with van der Waals surface area (Å²) in [5.74, 6) is -5.00. The zero-order valence-electron chi connectivity index (χ0n) is 13.8. The van der Waals surface area contributed by atoms with Gasteiger partial charge in [0, 0.05) is 5.92 Å². The number of aliphatic hydroxyl groups is 1. The van der Waals surface area contributed by atoms with E-state index in [-0.39, 0.29) is 12.8 Å². The molecule has 26 heavy (non-hydrogen) atoms. The van der Waals surface area contributed by atoms with Gasteiger partial charge in [-0.05, 0) is 12.8 Å². The molecule has 6 unspecified atom stereocenters. The number of fused-ring (bicyclic) bond motifs is 1. The molecule has 3 heterocycles. The van der Waals surface area contributed by atoms with Gasteiger partial charge in [0.2, 0.25) is 0 Å². The van der Waals surface area contributed by atoms with Crippen molar-refractivity contribution < 1.29 is 50.7 Å². The van der Waals surface area contributed by atoms with E-state index in [0.29, 0.717) is 0 Å². The normalized spacial score (nSPS) is 36.3. The highest BCUT2D eigenvalue weighted by Crippen LogP contribution is 2.55. The molecular weight excluding hydrogens is 382 g/mol. The van der Waals surface area contributed by atoms with Gasteiger partial charge in [0.05, 0.1) is 11.5 Å². The summed E-state index contributed by atoms with van der Waals surface area (Å²) in [4.78, 5) is 23.7. The van der Waals surface area contributed by atoms with Crippen LogP contribution in [0, 0.1) is 11.8 Å². The highest BCUT2D eigenvalue weighted by molar-refractivity contribution is 7.87. The molecule has 3 aliphatic rings. The van der Waals surface area contributed by atoms with Crippen LogP contribution in [0.2, 0.25) is 0 Å². The van der Waals surface area contributed by atoms with Crippen LogP contribution in [0.4, 0.5) is 8.78 Å². The Balaban J connectivity index is 1.91. The van der Waals surface area contributed by atoms with Crippen LogP contribution in [0.3, 0.4) is 0 Å². The Kier molecular flexibility index (Phi) is 4.34. The van der Waals surface area contributed by atoms with Crippen LogP contribution in [0.1, 0.15) is 26.7 Å². The van der Waals surface area contributed by atoms with E-state index in [1.165, 1.54) is 0 Å². The lowest BCUT2D eigenvalue weighted by molar-refractivity contribution is -0.178. The predicted molar refractivity (Wildman–Crippen MR) is 75.6 cm³/mol. The average molecular weight is 399 g/mol. The molecule has 3 rings (SSSR count). The zero-order chi connectivity index (χ0) is 19.7. The molecule has 0 saturated carbocycles.